The lowest BCUT2D eigenvalue weighted by Gasteiger charge is -2.49. The Morgan fingerprint density at radius 2 is 1.73 bits per heavy atom. The number of nitrogens with zero attached hydrogens (tertiary/aromatic N) is 1. The molecule has 9 heteroatoms. The molecular formula is C24H44F3N5O. The zero-order chi connectivity index (χ0) is 24.6. The topological polar surface area (TPSA) is 82.4 Å². The summed E-state index contributed by atoms with van der Waals surface area (Å²) in [6.07, 6.45) is 0.537. The van der Waals surface area contributed by atoms with Crippen molar-refractivity contribution in [2.24, 2.45) is 28.9 Å². The number of hydrogen-bond donors (Lipinski definition) is 4. The predicted octanol–water partition coefficient (Wildman–Crippen LogP) is 3.53. The van der Waals surface area contributed by atoms with Gasteiger partial charge in [0.15, 0.2) is 0 Å². The molecule has 0 spiro atoms. The summed E-state index contributed by atoms with van der Waals surface area (Å²) in [6.45, 7) is 11.5. The Kier molecular flexibility index (Phi) is 8.40. The number of nitrogens with two attached hydrogens (primary N) is 1. The molecule has 6 atom stereocenters. The smallest absolute Gasteiger partial charge is 0.368 e. The Labute approximate surface area is 197 Å². The van der Waals surface area contributed by atoms with Gasteiger partial charge in [-0.2, -0.15) is 13.2 Å². The van der Waals surface area contributed by atoms with Gasteiger partial charge in [-0.3, -0.25) is 25.6 Å². The van der Waals surface area contributed by atoms with Gasteiger partial charge >= 0.3 is 6.18 Å². The molecule has 6 nitrogen and oxygen atoms in total. The maximum absolute atomic E-state index is 13.1. The molecule has 5 unspecified atom stereocenters. The van der Waals surface area contributed by atoms with Crippen LogP contribution in [0.2, 0.25) is 0 Å². The zero-order valence-corrected chi connectivity index (χ0v) is 20.8. The van der Waals surface area contributed by atoms with E-state index in [4.69, 9.17) is 5.73 Å². The molecule has 2 saturated heterocycles. The van der Waals surface area contributed by atoms with Crippen LogP contribution >= 0.6 is 0 Å². The summed E-state index contributed by atoms with van der Waals surface area (Å²) in [5.41, 5.74) is 5.69. The minimum atomic E-state index is -4.07. The van der Waals surface area contributed by atoms with Gasteiger partial charge in [-0.1, -0.05) is 27.7 Å². The Morgan fingerprint density at radius 1 is 1.09 bits per heavy atom. The number of carbonyl (C=O) groups excluding carboxylic acids is 1. The summed E-state index contributed by atoms with van der Waals surface area (Å²) in [7, 11) is 0. The van der Waals surface area contributed by atoms with Crippen LogP contribution in [-0.2, 0) is 4.79 Å². The summed E-state index contributed by atoms with van der Waals surface area (Å²) in [5.74, 6) is -1.02. The van der Waals surface area contributed by atoms with E-state index in [2.05, 4.69) is 55.5 Å². The van der Waals surface area contributed by atoms with E-state index >= 15 is 0 Å². The first kappa shape index (κ1) is 26.7. The Balaban J connectivity index is 1.68. The molecule has 2 aliphatic heterocycles. The number of primary amides is 1. The molecule has 33 heavy (non-hydrogen) atoms. The number of alkyl halides is 3. The summed E-state index contributed by atoms with van der Waals surface area (Å²) < 4.78 is 39.4. The highest BCUT2D eigenvalue weighted by molar-refractivity contribution is 5.79. The highest BCUT2D eigenvalue weighted by Gasteiger charge is 2.46. The maximum atomic E-state index is 13.1. The third-order valence-electron chi connectivity index (χ3n) is 7.89. The average Bonchev–Trinajstić information content (AvgIpc) is 3.18. The van der Waals surface area contributed by atoms with Crippen LogP contribution in [0.15, 0.2) is 0 Å². The van der Waals surface area contributed by atoms with Crippen molar-refractivity contribution in [1.82, 2.24) is 20.9 Å². The first-order chi connectivity index (χ1) is 15.3. The van der Waals surface area contributed by atoms with Crippen molar-refractivity contribution in [3.63, 3.8) is 0 Å². The standard InChI is InChI=1S/C24H44F3N5O/c1-14-21(31-18(20(28)33)13-23(3,4)5)29-15(2)30-22(14)32-12-6-7-19(32)16-8-10-17(11-9-16)24(25,26)27/h14-19,21-22,29-31H,6-13H2,1-5H3,(H2,28,33)/t14?,15?,16?,17?,18-,19?,21?,22?/m1/s1. The molecule has 1 aliphatic carbocycles. The van der Waals surface area contributed by atoms with Gasteiger partial charge in [0.1, 0.15) is 0 Å². The molecule has 0 radical (unpaired) electrons. The molecule has 0 aromatic rings. The number of hydrogen-bond acceptors (Lipinski definition) is 5. The second-order valence-corrected chi connectivity index (χ2v) is 11.8. The molecule has 3 aliphatic rings. The number of nitrogens with one attached hydrogen (secondary N) is 3. The van der Waals surface area contributed by atoms with E-state index in [1.165, 1.54) is 0 Å². The van der Waals surface area contributed by atoms with Gasteiger partial charge in [-0.15, -0.1) is 0 Å². The molecule has 1 saturated carbocycles. The normalized spacial score (nSPS) is 37.8. The highest BCUT2D eigenvalue weighted by atomic mass is 19.4. The Bertz CT molecular complexity index is 659. The third kappa shape index (κ3) is 6.83. The van der Waals surface area contributed by atoms with Crippen molar-refractivity contribution in [1.29, 1.82) is 0 Å². The van der Waals surface area contributed by atoms with E-state index < -0.39 is 18.1 Å². The molecule has 2 heterocycles. The maximum Gasteiger partial charge on any atom is 0.391 e. The quantitative estimate of drug-likeness (QED) is 0.473. The third-order valence-corrected chi connectivity index (χ3v) is 7.89. The summed E-state index contributed by atoms with van der Waals surface area (Å²) in [4.78, 5) is 14.7. The van der Waals surface area contributed by atoms with E-state index in [0.29, 0.717) is 31.2 Å². The molecule has 3 fully saturated rings. The predicted molar refractivity (Wildman–Crippen MR) is 124 cm³/mol. The first-order valence-corrected chi connectivity index (χ1v) is 12.7. The van der Waals surface area contributed by atoms with Crippen LogP contribution in [0, 0.1) is 23.2 Å². The lowest BCUT2D eigenvalue weighted by molar-refractivity contribution is -0.185. The van der Waals surface area contributed by atoms with Crippen molar-refractivity contribution in [3.05, 3.63) is 0 Å². The lowest BCUT2D eigenvalue weighted by Crippen LogP contribution is -2.72. The van der Waals surface area contributed by atoms with Crippen LogP contribution in [-0.4, -0.2) is 54.1 Å². The van der Waals surface area contributed by atoms with Crippen molar-refractivity contribution < 1.29 is 18.0 Å². The van der Waals surface area contributed by atoms with E-state index in [1.807, 2.05) is 0 Å². The van der Waals surface area contributed by atoms with Gasteiger partial charge < -0.3 is 5.73 Å². The fraction of sp³-hybridized carbons (Fsp3) is 0.958. The largest absolute Gasteiger partial charge is 0.391 e. The number of halogens is 3. The lowest BCUT2D eigenvalue weighted by atomic mass is 9.77. The fourth-order valence-electron chi connectivity index (χ4n) is 6.23. The Hall–Kier alpha value is -0.900. The molecule has 3 rings (SSSR count). The molecule has 0 bridgehead atoms. The molecule has 0 aromatic carbocycles. The van der Waals surface area contributed by atoms with E-state index in [-0.39, 0.29) is 48.6 Å². The van der Waals surface area contributed by atoms with Crippen LogP contribution in [0.1, 0.15) is 79.6 Å². The van der Waals surface area contributed by atoms with Gasteiger partial charge in [0, 0.05) is 18.5 Å². The first-order valence-electron chi connectivity index (χ1n) is 12.7. The van der Waals surface area contributed by atoms with Gasteiger partial charge in [0.25, 0.3) is 0 Å². The van der Waals surface area contributed by atoms with Gasteiger partial charge in [0.2, 0.25) is 5.91 Å². The average molecular weight is 476 g/mol. The SMILES string of the molecule is CC1NC(N[C@H](CC(C)(C)C)C(N)=O)C(C)C(N2CCCC2C2CCC(C(F)(F)F)CC2)N1. The van der Waals surface area contributed by atoms with Crippen LogP contribution < -0.4 is 21.7 Å². The zero-order valence-electron chi connectivity index (χ0n) is 20.8. The minimum Gasteiger partial charge on any atom is -0.368 e. The van der Waals surface area contributed by atoms with Gasteiger partial charge in [-0.25, -0.2) is 0 Å². The minimum absolute atomic E-state index is 0.0362. The van der Waals surface area contributed by atoms with Crippen LogP contribution in [0.5, 0.6) is 0 Å². The van der Waals surface area contributed by atoms with E-state index in [0.717, 1.165) is 19.4 Å². The van der Waals surface area contributed by atoms with Crippen LogP contribution in [0.4, 0.5) is 13.2 Å². The summed E-state index contributed by atoms with van der Waals surface area (Å²) >= 11 is 0. The molecule has 192 valence electrons. The molecule has 5 N–H and O–H groups in total. The summed E-state index contributed by atoms with van der Waals surface area (Å²) in [5, 5.41) is 10.7. The Morgan fingerprint density at radius 3 is 2.27 bits per heavy atom. The summed E-state index contributed by atoms with van der Waals surface area (Å²) in [6, 6.07) is -0.116. The second-order valence-electron chi connectivity index (χ2n) is 11.8. The van der Waals surface area contributed by atoms with Crippen molar-refractivity contribution >= 4 is 5.91 Å². The van der Waals surface area contributed by atoms with Gasteiger partial charge in [0.05, 0.1) is 30.5 Å². The van der Waals surface area contributed by atoms with Crippen molar-refractivity contribution in [2.75, 3.05) is 6.54 Å². The molecular weight excluding hydrogens is 431 g/mol. The van der Waals surface area contributed by atoms with E-state index in [9.17, 15) is 18.0 Å². The van der Waals surface area contributed by atoms with Crippen molar-refractivity contribution in [3.8, 4) is 0 Å². The van der Waals surface area contributed by atoms with E-state index in [1.54, 1.807) is 0 Å². The number of amides is 1. The van der Waals surface area contributed by atoms with Crippen molar-refractivity contribution in [2.45, 2.75) is 116 Å². The number of likely N-dealkylation sites (tertiary alicyclic amines) is 1. The second kappa shape index (κ2) is 10.4. The van der Waals surface area contributed by atoms with Crippen LogP contribution in [0.3, 0.4) is 0 Å². The van der Waals surface area contributed by atoms with Gasteiger partial charge in [-0.05, 0) is 63.2 Å². The van der Waals surface area contributed by atoms with Crippen LogP contribution in [0.25, 0.3) is 0 Å². The monoisotopic (exact) mass is 475 g/mol. The highest BCUT2D eigenvalue weighted by Crippen LogP contribution is 2.43. The molecule has 1 amide bonds. The number of rotatable bonds is 6. The molecule has 0 aromatic heterocycles. The number of carbonyl (C=O) groups is 1. The fourth-order valence-corrected chi connectivity index (χ4v) is 6.23.